The maximum atomic E-state index is 11.2. The van der Waals surface area contributed by atoms with Crippen LogP contribution in [0, 0.1) is 11.8 Å². The molecule has 0 saturated carbocycles. The maximum absolute atomic E-state index is 11.2. The summed E-state index contributed by atoms with van der Waals surface area (Å²) in [4.78, 5) is 21.8. The molecule has 2 amide bonds. The van der Waals surface area contributed by atoms with Crippen molar-refractivity contribution in [3.05, 3.63) is 0 Å². The first kappa shape index (κ1) is 14.3. The van der Waals surface area contributed by atoms with Gasteiger partial charge in [0.05, 0.1) is 0 Å². The van der Waals surface area contributed by atoms with Crippen molar-refractivity contribution < 1.29 is 19.8 Å². The molecule has 0 aliphatic heterocycles. The molecule has 90 valence electrons. The fourth-order valence-electron chi connectivity index (χ4n) is 0.959. The number of carboxylic acid groups (broad SMARTS) is 1. The minimum Gasteiger partial charge on any atom is -0.480 e. The number of carbonyl (C=O) groups excluding carboxylic acids is 1. The number of aliphatic hydroxyl groups excluding tert-OH is 1. The van der Waals surface area contributed by atoms with Crippen molar-refractivity contribution in [3.8, 4) is 11.8 Å². The van der Waals surface area contributed by atoms with Crippen molar-refractivity contribution in [1.82, 2.24) is 10.6 Å². The van der Waals surface area contributed by atoms with E-state index in [1.165, 1.54) is 0 Å². The van der Waals surface area contributed by atoms with Crippen LogP contribution in [0.4, 0.5) is 4.79 Å². The van der Waals surface area contributed by atoms with E-state index < -0.39 is 18.0 Å². The van der Waals surface area contributed by atoms with Gasteiger partial charge >= 0.3 is 12.0 Å². The highest BCUT2D eigenvalue weighted by molar-refractivity contribution is 5.82. The van der Waals surface area contributed by atoms with Gasteiger partial charge in [0.1, 0.15) is 6.04 Å². The third kappa shape index (κ3) is 6.68. The van der Waals surface area contributed by atoms with E-state index in [4.69, 9.17) is 10.2 Å². The van der Waals surface area contributed by atoms with Crippen LogP contribution >= 0.6 is 0 Å². The Morgan fingerprint density at radius 1 is 1.44 bits per heavy atom. The predicted molar refractivity (Wildman–Crippen MR) is 57.7 cm³/mol. The summed E-state index contributed by atoms with van der Waals surface area (Å²) in [6, 6.07) is -1.64. The third-order valence-corrected chi connectivity index (χ3v) is 1.73. The Kier molecular flexibility index (Phi) is 7.63. The van der Waals surface area contributed by atoms with E-state index in [0.717, 1.165) is 0 Å². The van der Waals surface area contributed by atoms with E-state index in [9.17, 15) is 9.59 Å². The molecule has 0 unspecified atom stereocenters. The number of aliphatic carboxylic acids is 1. The first-order valence-electron chi connectivity index (χ1n) is 4.89. The van der Waals surface area contributed by atoms with Crippen LogP contribution in [-0.2, 0) is 4.79 Å². The molecule has 0 heterocycles. The van der Waals surface area contributed by atoms with Gasteiger partial charge < -0.3 is 20.8 Å². The molecule has 4 N–H and O–H groups in total. The summed E-state index contributed by atoms with van der Waals surface area (Å²) in [5.74, 6) is 4.26. The monoisotopic (exact) mass is 228 g/mol. The summed E-state index contributed by atoms with van der Waals surface area (Å²) in [5.41, 5.74) is 0. The highest BCUT2D eigenvalue weighted by atomic mass is 16.4. The van der Waals surface area contributed by atoms with Crippen LogP contribution in [0.25, 0.3) is 0 Å². The van der Waals surface area contributed by atoms with E-state index in [2.05, 4.69) is 22.5 Å². The van der Waals surface area contributed by atoms with Gasteiger partial charge in [0.2, 0.25) is 0 Å². The normalized spacial score (nSPS) is 10.9. The molecule has 0 aliphatic rings. The van der Waals surface area contributed by atoms with Crippen LogP contribution in [0.1, 0.15) is 19.8 Å². The Morgan fingerprint density at radius 3 is 2.62 bits per heavy atom. The molecule has 1 atom stereocenters. The molecule has 0 bridgehead atoms. The Hall–Kier alpha value is -1.74. The first-order chi connectivity index (χ1) is 7.61. The zero-order chi connectivity index (χ0) is 12.4. The van der Waals surface area contributed by atoms with Crippen molar-refractivity contribution >= 4 is 12.0 Å². The van der Waals surface area contributed by atoms with Crippen LogP contribution in [0.3, 0.4) is 0 Å². The summed E-state index contributed by atoms with van der Waals surface area (Å²) >= 11 is 0. The molecular weight excluding hydrogens is 212 g/mol. The van der Waals surface area contributed by atoms with Crippen LogP contribution < -0.4 is 10.6 Å². The lowest BCUT2D eigenvalue weighted by molar-refractivity contribution is -0.139. The molecule has 0 aromatic carbocycles. The topological polar surface area (TPSA) is 98.7 Å². The first-order valence-corrected chi connectivity index (χ1v) is 4.89. The molecule has 0 rings (SSSR count). The van der Waals surface area contributed by atoms with Crippen LogP contribution in [0.2, 0.25) is 0 Å². The Bertz CT molecular complexity index is 293. The zero-order valence-corrected chi connectivity index (χ0v) is 9.12. The van der Waals surface area contributed by atoms with Gasteiger partial charge in [-0.25, -0.2) is 9.59 Å². The Morgan fingerprint density at radius 2 is 2.12 bits per heavy atom. The molecule has 0 aromatic rings. The van der Waals surface area contributed by atoms with Gasteiger partial charge in [-0.2, -0.15) is 0 Å². The largest absolute Gasteiger partial charge is 0.480 e. The van der Waals surface area contributed by atoms with Gasteiger partial charge in [0.25, 0.3) is 0 Å². The molecule has 0 saturated heterocycles. The average Bonchev–Trinajstić information content (AvgIpc) is 2.23. The number of urea groups is 1. The number of aliphatic hydroxyl groups is 1. The lowest BCUT2D eigenvalue weighted by Gasteiger charge is -2.13. The van der Waals surface area contributed by atoms with Crippen molar-refractivity contribution in [1.29, 1.82) is 0 Å². The van der Waals surface area contributed by atoms with E-state index >= 15 is 0 Å². The Labute approximate surface area is 94.0 Å². The average molecular weight is 228 g/mol. The quantitative estimate of drug-likeness (QED) is 0.365. The van der Waals surface area contributed by atoms with Gasteiger partial charge in [0, 0.05) is 26.0 Å². The molecule has 6 heteroatoms. The smallest absolute Gasteiger partial charge is 0.326 e. The molecule has 0 aliphatic carbocycles. The molecule has 0 fully saturated rings. The maximum Gasteiger partial charge on any atom is 0.326 e. The van der Waals surface area contributed by atoms with Gasteiger partial charge in [-0.1, -0.05) is 0 Å². The summed E-state index contributed by atoms with van der Waals surface area (Å²) in [7, 11) is 0. The van der Waals surface area contributed by atoms with Gasteiger partial charge in [-0.15, -0.1) is 11.8 Å². The van der Waals surface area contributed by atoms with Gasteiger partial charge in [0.15, 0.2) is 0 Å². The van der Waals surface area contributed by atoms with Crippen LogP contribution in [0.5, 0.6) is 0 Å². The van der Waals surface area contributed by atoms with E-state index in [0.29, 0.717) is 13.0 Å². The van der Waals surface area contributed by atoms with E-state index in [1.807, 2.05) is 0 Å². The number of carbonyl (C=O) groups is 2. The summed E-state index contributed by atoms with van der Waals surface area (Å²) < 4.78 is 0. The second kappa shape index (κ2) is 8.56. The molecule has 0 radical (unpaired) electrons. The number of carboxylic acids is 1. The van der Waals surface area contributed by atoms with Crippen molar-refractivity contribution in [2.75, 3.05) is 13.2 Å². The second-order valence-corrected chi connectivity index (χ2v) is 2.98. The highest BCUT2D eigenvalue weighted by Gasteiger charge is 2.18. The molecule has 0 spiro atoms. The van der Waals surface area contributed by atoms with E-state index in [1.54, 1.807) is 6.92 Å². The summed E-state index contributed by atoms with van der Waals surface area (Å²) in [6.45, 7) is 1.76. The van der Waals surface area contributed by atoms with Gasteiger partial charge in [-0.3, -0.25) is 0 Å². The molecular formula is C10H16N2O4. The predicted octanol–water partition coefficient (Wildman–Crippen LogP) is -0.465. The molecule has 16 heavy (non-hydrogen) atoms. The number of hydrogen-bond acceptors (Lipinski definition) is 3. The van der Waals surface area contributed by atoms with Crippen molar-refractivity contribution in [3.63, 3.8) is 0 Å². The third-order valence-electron chi connectivity index (χ3n) is 1.73. The standard InChI is InChI=1S/C10H16N2O4/c1-2-3-4-6-11-10(16)12-8(5-7-13)9(14)15/h8,13H,4-7H2,1H3,(H,14,15)(H2,11,12,16)/t8-/m0/s1. The Balaban J connectivity index is 3.89. The van der Waals surface area contributed by atoms with Crippen molar-refractivity contribution in [2.45, 2.75) is 25.8 Å². The molecule has 0 aromatic heterocycles. The van der Waals surface area contributed by atoms with Gasteiger partial charge in [-0.05, 0) is 6.92 Å². The molecule has 6 nitrogen and oxygen atoms in total. The van der Waals surface area contributed by atoms with E-state index in [-0.39, 0.29) is 13.0 Å². The lowest BCUT2D eigenvalue weighted by Crippen LogP contribution is -2.46. The zero-order valence-electron chi connectivity index (χ0n) is 9.12. The number of amides is 2. The van der Waals surface area contributed by atoms with Crippen molar-refractivity contribution in [2.24, 2.45) is 0 Å². The number of rotatable bonds is 6. The highest BCUT2D eigenvalue weighted by Crippen LogP contribution is 1.90. The SMILES string of the molecule is CC#CCCNC(=O)N[C@@H](CCO)C(=O)O. The fourth-order valence-corrected chi connectivity index (χ4v) is 0.959. The van der Waals surface area contributed by atoms with Crippen LogP contribution in [-0.4, -0.2) is 41.4 Å². The minimum absolute atomic E-state index is 0.0164. The minimum atomic E-state index is -1.17. The summed E-state index contributed by atoms with van der Waals surface area (Å²) in [6.07, 6.45) is 0.499. The van der Waals surface area contributed by atoms with Crippen LogP contribution in [0.15, 0.2) is 0 Å². The fraction of sp³-hybridized carbons (Fsp3) is 0.600. The summed E-state index contributed by atoms with van der Waals surface area (Å²) in [5, 5.41) is 22.0. The number of nitrogens with one attached hydrogen (secondary N) is 2. The number of hydrogen-bond donors (Lipinski definition) is 4. The second-order valence-electron chi connectivity index (χ2n) is 2.98. The lowest BCUT2D eigenvalue weighted by atomic mass is 10.2.